The van der Waals surface area contributed by atoms with Crippen LogP contribution >= 0.6 is 11.3 Å². The molecule has 1 atom stereocenters. The summed E-state index contributed by atoms with van der Waals surface area (Å²) >= 11 is 1.35. The number of nitrogens with two attached hydrogens (primary N) is 1. The summed E-state index contributed by atoms with van der Waals surface area (Å²) in [4.78, 5) is 8.63. The number of rotatable bonds is 2. The number of hydrogen-bond donors (Lipinski definition) is 1. The topological polar surface area (TPSA) is 87.1 Å². The molecular formula is C14H12N4O2S. The van der Waals surface area contributed by atoms with Crippen molar-refractivity contribution < 1.29 is 9.26 Å². The molecule has 3 heterocycles. The third-order valence-electron chi connectivity index (χ3n) is 3.45. The van der Waals surface area contributed by atoms with Crippen LogP contribution in [-0.2, 0) is 0 Å². The van der Waals surface area contributed by atoms with Crippen LogP contribution in [0.1, 0.15) is 23.7 Å². The molecule has 1 aliphatic rings. The van der Waals surface area contributed by atoms with E-state index < -0.39 is 0 Å². The first-order valence-electron chi connectivity index (χ1n) is 6.58. The number of nitrogen functional groups attached to an aromatic ring is 1. The highest BCUT2D eigenvalue weighted by Crippen LogP contribution is 2.37. The predicted octanol–water partition coefficient (Wildman–Crippen LogP) is 2.69. The Morgan fingerprint density at radius 3 is 3.00 bits per heavy atom. The van der Waals surface area contributed by atoms with Gasteiger partial charge in [-0.25, -0.2) is 4.98 Å². The van der Waals surface area contributed by atoms with Gasteiger partial charge < -0.3 is 15.0 Å². The number of anilines is 1. The fourth-order valence-corrected chi connectivity index (χ4v) is 3.01. The zero-order valence-electron chi connectivity index (χ0n) is 11.0. The van der Waals surface area contributed by atoms with Crippen molar-refractivity contribution in [2.24, 2.45) is 0 Å². The second-order valence-corrected chi connectivity index (χ2v) is 5.65. The van der Waals surface area contributed by atoms with Crippen molar-refractivity contribution in [2.45, 2.75) is 12.3 Å². The van der Waals surface area contributed by atoms with Gasteiger partial charge >= 0.3 is 0 Å². The molecule has 1 aliphatic heterocycles. The van der Waals surface area contributed by atoms with E-state index in [1.165, 1.54) is 11.3 Å². The van der Waals surface area contributed by atoms with E-state index in [1.54, 1.807) is 0 Å². The van der Waals surface area contributed by atoms with Crippen molar-refractivity contribution in [3.63, 3.8) is 0 Å². The molecule has 0 saturated heterocycles. The van der Waals surface area contributed by atoms with Crippen molar-refractivity contribution in [3.8, 4) is 17.3 Å². The highest BCUT2D eigenvalue weighted by Gasteiger charge is 2.27. The van der Waals surface area contributed by atoms with E-state index in [1.807, 2.05) is 29.6 Å². The molecule has 1 aromatic carbocycles. The van der Waals surface area contributed by atoms with Gasteiger partial charge in [-0.2, -0.15) is 4.98 Å². The van der Waals surface area contributed by atoms with Crippen LogP contribution in [-0.4, -0.2) is 21.7 Å². The number of para-hydroxylation sites is 1. The van der Waals surface area contributed by atoms with Crippen molar-refractivity contribution in [2.75, 3.05) is 12.3 Å². The molecule has 6 nitrogen and oxygen atoms in total. The standard InChI is InChI=1S/C14H12N4O2S/c15-14-16-10(7-21-14)13-17-12(18-20-13)9-5-6-19-11-4-2-1-3-8(9)11/h1-4,7,9H,5-6H2,(H2,15,16). The molecule has 0 saturated carbocycles. The van der Waals surface area contributed by atoms with Gasteiger partial charge in [0, 0.05) is 10.9 Å². The van der Waals surface area contributed by atoms with Gasteiger partial charge in [0.25, 0.3) is 5.89 Å². The molecule has 0 radical (unpaired) electrons. The summed E-state index contributed by atoms with van der Waals surface area (Å²) in [5, 5.41) is 6.40. The summed E-state index contributed by atoms with van der Waals surface area (Å²) in [6, 6.07) is 7.95. The largest absolute Gasteiger partial charge is 0.493 e. The average Bonchev–Trinajstić information content (AvgIpc) is 3.15. The molecule has 0 fully saturated rings. The Morgan fingerprint density at radius 1 is 1.24 bits per heavy atom. The van der Waals surface area contributed by atoms with Gasteiger partial charge in [0.2, 0.25) is 0 Å². The lowest BCUT2D eigenvalue weighted by atomic mass is 9.92. The summed E-state index contributed by atoms with van der Waals surface area (Å²) in [6.07, 6.45) is 0.829. The lowest BCUT2D eigenvalue weighted by Gasteiger charge is -2.23. The lowest BCUT2D eigenvalue weighted by molar-refractivity contribution is 0.272. The second kappa shape index (κ2) is 4.85. The van der Waals surface area contributed by atoms with E-state index in [4.69, 9.17) is 15.0 Å². The van der Waals surface area contributed by atoms with Gasteiger partial charge in [-0.1, -0.05) is 23.4 Å². The highest BCUT2D eigenvalue weighted by molar-refractivity contribution is 7.13. The monoisotopic (exact) mass is 300 g/mol. The van der Waals surface area contributed by atoms with E-state index >= 15 is 0 Å². The van der Waals surface area contributed by atoms with Crippen LogP contribution in [0.2, 0.25) is 0 Å². The van der Waals surface area contributed by atoms with Gasteiger partial charge in [0.1, 0.15) is 11.4 Å². The molecule has 1 unspecified atom stereocenters. The normalized spacial score (nSPS) is 17.2. The number of aromatic nitrogens is 3. The van der Waals surface area contributed by atoms with Crippen molar-refractivity contribution in [3.05, 3.63) is 41.0 Å². The van der Waals surface area contributed by atoms with Gasteiger partial charge in [0.05, 0.1) is 12.5 Å². The Kier molecular flexibility index (Phi) is 2.85. The Balaban J connectivity index is 1.71. The summed E-state index contributed by atoms with van der Waals surface area (Å²) in [6.45, 7) is 0.648. The molecule has 106 valence electrons. The van der Waals surface area contributed by atoms with E-state index in [0.29, 0.717) is 29.1 Å². The molecule has 0 bridgehead atoms. The van der Waals surface area contributed by atoms with Crippen LogP contribution in [0.3, 0.4) is 0 Å². The first-order chi connectivity index (χ1) is 10.3. The molecule has 3 aromatic rings. The third-order valence-corrected chi connectivity index (χ3v) is 4.13. The number of thiazole rings is 1. The second-order valence-electron chi connectivity index (χ2n) is 4.76. The Hall–Kier alpha value is -2.41. The maximum atomic E-state index is 5.66. The minimum Gasteiger partial charge on any atom is -0.493 e. The molecule has 4 rings (SSSR count). The Labute approximate surface area is 124 Å². The lowest BCUT2D eigenvalue weighted by Crippen LogP contribution is -2.16. The maximum absolute atomic E-state index is 5.66. The molecule has 2 aromatic heterocycles. The van der Waals surface area contributed by atoms with Gasteiger partial charge in [-0.05, 0) is 12.5 Å². The van der Waals surface area contributed by atoms with Gasteiger partial charge in [-0.15, -0.1) is 11.3 Å². The van der Waals surface area contributed by atoms with Gasteiger partial charge in [0.15, 0.2) is 11.0 Å². The summed E-state index contributed by atoms with van der Waals surface area (Å²) in [5.41, 5.74) is 7.34. The highest BCUT2D eigenvalue weighted by atomic mass is 32.1. The van der Waals surface area contributed by atoms with E-state index in [9.17, 15) is 0 Å². The first kappa shape index (κ1) is 12.3. The SMILES string of the molecule is Nc1nc(-c2nc(C3CCOc4ccccc43)no2)cs1. The van der Waals surface area contributed by atoms with Crippen molar-refractivity contribution >= 4 is 16.5 Å². The molecule has 0 spiro atoms. The minimum absolute atomic E-state index is 0.0865. The predicted molar refractivity (Wildman–Crippen MR) is 78.2 cm³/mol. The van der Waals surface area contributed by atoms with Crippen molar-refractivity contribution in [1.82, 2.24) is 15.1 Å². The number of ether oxygens (including phenoxy) is 1. The fraction of sp³-hybridized carbons (Fsp3) is 0.214. The van der Waals surface area contributed by atoms with E-state index in [2.05, 4.69) is 15.1 Å². The van der Waals surface area contributed by atoms with Gasteiger partial charge in [-0.3, -0.25) is 0 Å². The van der Waals surface area contributed by atoms with E-state index in [-0.39, 0.29) is 5.92 Å². The van der Waals surface area contributed by atoms with Crippen LogP contribution in [0.15, 0.2) is 34.2 Å². The number of hydrogen-bond acceptors (Lipinski definition) is 7. The molecule has 0 amide bonds. The van der Waals surface area contributed by atoms with Crippen LogP contribution in [0.25, 0.3) is 11.6 Å². The van der Waals surface area contributed by atoms with Crippen LogP contribution < -0.4 is 10.5 Å². The minimum atomic E-state index is 0.0865. The van der Waals surface area contributed by atoms with Crippen molar-refractivity contribution in [1.29, 1.82) is 0 Å². The Morgan fingerprint density at radius 2 is 2.14 bits per heavy atom. The Bertz CT molecular complexity index is 783. The molecule has 21 heavy (non-hydrogen) atoms. The average molecular weight is 300 g/mol. The molecule has 2 N–H and O–H groups in total. The van der Waals surface area contributed by atoms with Crippen LogP contribution in [0.4, 0.5) is 5.13 Å². The molecule has 0 aliphatic carbocycles. The summed E-state index contributed by atoms with van der Waals surface area (Å²) in [5.74, 6) is 2.04. The van der Waals surface area contributed by atoms with Crippen LogP contribution in [0.5, 0.6) is 5.75 Å². The number of nitrogens with zero attached hydrogens (tertiary/aromatic N) is 3. The first-order valence-corrected chi connectivity index (χ1v) is 7.46. The molecule has 7 heteroatoms. The smallest absolute Gasteiger partial charge is 0.277 e. The number of fused-ring (bicyclic) bond motifs is 1. The zero-order valence-corrected chi connectivity index (χ0v) is 11.8. The summed E-state index contributed by atoms with van der Waals surface area (Å²) < 4.78 is 11.0. The van der Waals surface area contributed by atoms with E-state index in [0.717, 1.165) is 17.7 Å². The fourth-order valence-electron chi connectivity index (χ4n) is 2.48. The third kappa shape index (κ3) is 2.15. The zero-order chi connectivity index (χ0) is 14.2. The quantitative estimate of drug-likeness (QED) is 0.783. The maximum Gasteiger partial charge on any atom is 0.277 e. The number of benzene rings is 1. The van der Waals surface area contributed by atoms with Crippen LogP contribution in [0, 0.1) is 0 Å². The summed E-state index contributed by atoms with van der Waals surface area (Å²) in [7, 11) is 0. The molecular weight excluding hydrogens is 288 g/mol.